The van der Waals surface area contributed by atoms with Crippen molar-refractivity contribution in [3.8, 4) is 0 Å². The highest BCUT2D eigenvalue weighted by molar-refractivity contribution is 6.30. The Balaban J connectivity index is 1.96. The Morgan fingerprint density at radius 3 is 2.89 bits per heavy atom. The number of aliphatic hydroxyl groups is 1. The molecule has 3 N–H and O–H groups in total. The molecule has 1 heterocycles. The van der Waals surface area contributed by atoms with Gasteiger partial charge in [-0.05, 0) is 17.7 Å². The summed E-state index contributed by atoms with van der Waals surface area (Å²) in [6.07, 6.45) is -1.03. The smallest absolute Gasteiger partial charge is 0.235 e. The van der Waals surface area contributed by atoms with Crippen molar-refractivity contribution in [2.45, 2.75) is 12.6 Å². The predicted octanol–water partition coefficient (Wildman–Crippen LogP) is 0.202. The molecule has 2 rings (SSSR count). The van der Waals surface area contributed by atoms with Crippen molar-refractivity contribution in [3.63, 3.8) is 0 Å². The van der Waals surface area contributed by atoms with E-state index in [2.05, 4.69) is 10.6 Å². The molecule has 1 aromatic rings. The molecular weight excluding hydrogens is 275 g/mol. The maximum absolute atomic E-state index is 13.2. The van der Waals surface area contributed by atoms with Crippen LogP contribution in [0.5, 0.6) is 0 Å². The molecule has 2 atom stereocenters. The number of rotatable bonds is 3. The summed E-state index contributed by atoms with van der Waals surface area (Å²) in [5.74, 6) is -2.78. The zero-order valence-corrected chi connectivity index (χ0v) is 10.6. The average molecular weight is 287 g/mol. The van der Waals surface area contributed by atoms with Crippen molar-refractivity contribution in [3.05, 3.63) is 34.6 Å². The first-order chi connectivity index (χ1) is 8.99. The van der Waals surface area contributed by atoms with Crippen LogP contribution in [0.2, 0.25) is 5.02 Å². The van der Waals surface area contributed by atoms with Crippen LogP contribution in [-0.4, -0.2) is 29.6 Å². The van der Waals surface area contributed by atoms with Crippen molar-refractivity contribution in [2.24, 2.45) is 5.92 Å². The van der Waals surface area contributed by atoms with E-state index >= 15 is 0 Å². The number of hydrogen-bond acceptors (Lipinski definition) is 3. The van der Waals surface area contributed by atoms with E-state index in [1.54, 1.807) is 6.07 Å². The third-order valence-electron chi connectivity index (χ3n) is 2.89. The second-order valence-corrected chi connectivity index (χ2v) is 4.66. The Labute approximate surface area is 113 Å². The number of nitrogens with one attached hydrogen (secondary N) is 2. The summed E-state index contributed by atoms with van der Waals surface area (Å²) in [6, 6.07) is 4.15. The molecule has 19 heavy (non-hydrogen) atoms. The number of aliphatic hydroxyl groups excluding tert-OH is 1. The van der Waals surface area contributed by atoms with Gasteiger partial charge in [-0.15, -0.1) is 0 Å². The summed E-state index contributed by atoms with van der Waals surface area (Å²) in [7, 11) is 0. The maximum atomic E-state index is 13.2. The van der Waals surface area contributed by atoms with Crippen molar-refractivity contribution >= 4 is 23.4 Å². The predicted molar refractivity (Wildman–Crippen MR) is 65.8 cm³/mol. The minimum atomic E-state index is -1.11. The molecule has 0 radical (unpaired) electrons. The van der Waals surface area contributed by atoms with Crippen molar-refractivity contribution in [1.29, 1.82) is 0 Å². The lowest BCUT2D eigenvalue weighted by Gasteiger charge is -2.12. The van der Waals surface area contributed by atoms with E-state index in [1.165, 1.54) is 12.1 Å². The standard InChI is InChI=1S/C12H12ClFN2O3/c13-7-2-1-6(3-8(7)14)4-15-11(18)10-9(17)5-16-12(10)19/h1-3,9-10,17H,4-5H2,(H,15,18)(H,16,19). The minimum Gasteiger partial charge on any atom is -0.390 e. The molecule has 1 fully saturated rings. The molecule has 2 unspecified atom stereocenters. The van der Waals surface area contributed by atoms with Gasteiger partial charge in [0.05, 0.1) is 11.1 Å². The molecule has 0 saturated carbocycles. The fourth-order valence-electron chi connectivity index (χ4n) is 1.85. The number of benzene rings is 1. The zero-order chi connectivity index (χ0) is 14.0. The van der Waals surface area contributed by atoms with Crippen molar-refractivity contribution in [1.82, 2.24) is 10.6 Å². The SMILES string of the molecule is O=C(NCc1ccc(Cl)c(F)c1)C1C(=O)NCC1O. The second kappa shape index (κ2) is 5.54. The lowest BCUT2D eigenvalue weighted by Crippen LogP contribution is -2.39. The maximum Gasteiger partial charge on any atom is 0.235 e. The van der Waals surface area contributed by atoms with Crippen molar-refractivity contribution in [2.75, 3.05) is 6.54 Å². The Morgan fingerprint density at radius 2 is 2.32 bits per heavy atom. The van der Waals surface area contributed by atoms with Crippen LogP contribution in [0.4, 0.5) is 4.39 Å². The van der Waals surface area contributed by atoms with Gasteiger partial charge in [-0.3, -0.25) is 9.59 Å². The van der Waals surface area contributed by atoms with E-state index in [4.69, 9.17) is 11.6 Å². The van der Waals surface area contributed by atoms with E-state index < -0.39 is 29.7 Å². The van der Waals surface area contributed by atoms with Gasteiger partial charge in [-0.1, -0.05) is 17.7 Å². The van der Waals surface area contributed by atoms with Gasteiger partial charge in [-0.25, -0.2) is 4.39 Å². The lowest BCUT2D eigenvalue weighted by atomic mass is 10.0. The topological polar surface area (TPSA) is 78.4 Å². The molecule has 0 aromatic heterocycles. The van der Waals surface area contributed by atoms with Gasteiger partial charge in [0, 0.05) is 13.1 Å². The van der Waals surface area contributed by atoms with E-state index in [0.29, 0.717) is 5.56 Å². The van der Waals surface area contributed by atoms with Crippen LogP contribution in [0.3, 0.4) is 0 Å². The van der Waals surface area contributed by atoms with Crippen LogP contribution in [0, 0.1) is 11.7 Å². The zero-order valence-electron chi connectivity index (χ0n) is 9.82. The largest absolute Gasteiger partial charge is 0.390 e. The van der Waals surface area contributed by atoms with Crippen LogP contribution in [0.25, 0.3) is 0 Å². The number of hydrogen-bond donors (Lipinski definition) is 3. The summed E-state index contributed by atoms with van der Waals surface area (Å²) >= 11 is 5.54. The highest BCUT2D eigenvalue weighted by Crippen LogP contribution is 2.16. The lowest BCUT2D eigenvalue weighted by molar-refractivity contribution is -0.135. The van der Waals surface area contributed by atoms with Crippen LogP contribution < -0.4 is 10.6 Å². The monoisotopic (exact) mass is 286 g/mol. The van der Waals surface area contributed by atoms with Gasteiger partial charge in [-0.2, -0.15) is 0 Å². The normalized spacial score (nSPS) is 22.2. The highest BCUT2D eigenvalue weighted by Gasteiger charge is 2.38. The van der Waals surface area contributed by atoms with Gasteiger partial charge in [0.1, 0.15) is 11.7 Å². The Morgan fingerprint density at radius 1 is 1.58 bits per heavy atom. The summed E-state index contributed by atoms with van der Waals surface area (Å²) in [4.78, 5) is 23.1. The third-order valence-corrected chi connectivity index (χ3v) is 3.19. The molecule has 1 aromatic carbocycles. The van der Waals surface area contributed by atoms with E-state index in [1.807, 2.05) is 0 Å². The van der Waals surface area contributed by atoms with Crippen LogP contribution in [0.1, 0.15) is 5.56 Å². The highest BCUT2D eigenvalue weighted by atomic mass is 35.5. The molecule has 0 spiro atoms. The Bertz CT molecular complexity index is 524. The van der Waals surface area contributed by atoms with E-state index in [0.717, 1.165) is 0 Å². The summed E-state index contributed by atoms with van der Waals surface area (Å²) in [5.41, 5.74) is 0.517. The fourth-order valence-corrected chi connectivity index (χ4v) is 1.97. The molecule has 7 heteroatoms. The number of amides is 2. The first kappa shape index (κ1) is 13.8. The second-order valence-electron chi connectivity index (χ2n) is 4.26. The average Bonchev–Trinajstić information content (AvgIpc) is 2.70. The number of carbonyl (C=O) groups excluding carboxylic acids is 2. The molecule has 1 aliphatic heterocycles. The number of halogens is 2. The van der Waals surface area contributed by atoms with Crippen molar-refractivity contribution < 1.29 is 19.1 Å². The van der Waals surface area contributed by atoms with Gasteiger partial charge < -0.3 is 15.7 Å². The molecule has 1 saturated heterocycles. The molecule has 102 valence electrons. The number of carbonyl (C=O) groups is 2. The third kappa shape index (κ3) is 3.02. The summed E-state index contributed by atoms with van der Waals surface area (Å²) in [5, 5.41) is 14.4. The summed E-state index contributed by atoms with van der Waals surface area (Å²) in [6.45, 7) is 0.121. The van der Waals surface area contributed by atoms with Gasteiger partial charge in [0.15, 0.2) is 0 Å². The first-order valence-corrected chi connectivity index (χ1v) is 6.04. The molecule has 1 aliphatic rings. The fraction of sp³-hybridized carbons (Fsp3) is 0.333. The molecular formula is C12H12ClFN2O3. The van der Waals surface area contributed by atoms with Crippen LogP contribution in [0.15, 0.2) is 18.2 Å². The van der Waals surface area contributed by atoms with Gasteiger partial charge in [0.2, 0.25) is 11.8 Å². The number of β-amino-alcohol motifs (C(OH)–C–C–N with tert-alkyl or cyclic N) is 1. The summed E-state index contributed by atoms with van der Waals surface area (Å²) < 4.78 is 13.2. The van der Waals surface area contributed by atoms with Crippen LogP contribution in [-0.2, 0) is 16.1 Å². The van der Waals surface area contributed by atoms with E-state index in [-0.39, 0.29) is 18.1 Å². The molecule has 2 amide bonds. The molecule has 0 bridgehead atoms. The van der Waals surface area contributed by atoms with Gasteiger partial charge in [0.25, 0.3) is 0 Å². The molecule has 5 nitrogen and oxygen atoms in total. The Hall–Kier alpha value is -1.66. The Kier molecular flexibility index (Phi) is 4.01. The van der Waals surface area contributed by atoms with E-state index in [9.17, 15) is 19.1 Å². The minimum absolute atomic E-state index is 0.000620. The quantitative estimate of drug-likeness (QED) is 0.695. The van der Waals surface area contributed by atoms with Gasteiger partial charge >= 0.3 is 0 Å². The molecule has 0 aliphatic carbocycles. The van der Waals surface area contributed by atoms with Crippen LogP contribution >= 0.6 is 11.6 Å². The first-order valence-electron chi connectivity index (χ1n) is 5.66.